The minimum Gasteiger partial charge on any atom is -0.220 e. The zero-order chi connectivity index (χ0) is 12.9. The van der Waals surface area contributed by atoms with E-state index in [1.807, 2.05) is 19.9 Å². The predicted octanol–water partition coefficient (Wildman–Crippen LogP) is 3.80. The van der Waals surface area contributed by atoms with Crippen molar-refractivity contribution in [1.29, 1.82) is 0 Å². The molecule has 0 aromatic carbocycles. The van der Waals surface area contributed by atoms with Crippen LogP contribution in [0.1, 0.15) is 10.6 Å². The molecule has 0 aliphatic rings. The molecule has 0 atom stereocenters. The zero-order valence-electron chi connectivity index (χ0n) is 9.61. The lowest BCUT2D eigenvalue weighted by Gasteiger charge is -2.02. The van der Waals surface area contributed by atoms with Crippen molar-refractivity contribution in [3.63, 3.8) is 0 Å². The molecule has 4 nitrogen and oxygen atoms in total. The highest BCUT2D eigenvalue weighted by molar-refractivity contribution is 7.18. The van der Waals surface area contributed by atoms with Crippen molar-refractivity contribution in [3.8, 4) is 5.82 Å². The van der Waals surface area contributed by atoms with Crippen LogP contribution in [0, 0.1) is 13.8 Å². The molecule has 18 heavy (non-hydrogen) atoms. The van der Waals surface area contributed by atoms with Crippen LogP contribution >= 0.6 is 34.5 Å². The summed E-state index contributed by atoms with van der Waals surface area (Å²) in [6, 6.07) is 2.02. The molecule has 0 saturated heterocycles. The standard InChI is InChI=1S/C11H8Cl2N4S/c1-5-3-7-9(14-11(13)15-10(7)18-5)17-4-8(12)6(2)16-17/h3-4H,1-2H3. The Morgan fingerprint density at radius 2 is 2.00 bits per heavy atom. The minimum absolute atomic E-state index is 0.212. The number of aryl methyl sites for hydroxylation is 2. The summed E-state index contributed by atoms with van der Waals surface area (Å²) in [7, 11) is 0. The van der Waals surface area contributed by atoms with Crippen molar-refractivity contribution >= 4 is 44.8 Å². The second-order valence-electron chi connectivity index (χ2n) is 3.90. The second kappa shape index (κ2) is 4.19. The van der Waals surface area contributed by atoms with Gasteiger partial charge >= 0.3 is 0 Å². The number of hydrogen-bond donors (Lipinski definition) is 0. The topological polar surface area (TPSA) is 43.6 Å². The Balaban J connectivity index is 2.33. The number of rotatable bonds is 1. The summed E-state index contributed by atoms with van der Waals surface area (Å²) in [4.78, 5) is 10.5. The van der Waals surface area contributed by atoms with Crippen molar-refractivity contribution in [2.75, 3.05) is 0 Å². The van der Waals surface area contributed by atoms with Gasteiger partial charge in [0, 0.05) is 4.88 Å². The van der Waals surface area contributed by atoms with Crippen molar-refractivity contribution in [2.45, 2.75) is 13.8 Å². The summed E-state index contributed by atoms with van der Waals surface area (Å²) in [5.41, 5.74) is 0.756. The number of nitrogens with zero attached hydrogens (tertiary/aromatic N) is 4. The predicted molar refractivity (Wildman–Crippen MR) is 74.0 cm³/mol. The number of hydrogen-bond acceptors (Lipinski definition) is 4. The van der Waals surface area contributed by atoms with Gasteiger partial charge in [-0.05, 0) is 31.5 Å². The smallest absolute Gasteiger partial charge is 0.220 e. The van der Waals surface area contributed by atoms with Gasteiger partial charge < -0.3 is 0 Å². The third kappa shape index (κ3) is 1.88. The highest BCUT2D eigenvalue weighted by atomic mass is 35.5. The van der Waals surface area contributed by atoms with Crippen molar-refractivity contribution in [2.24, 2.45) is 0 Å². The van der Waals surface area contributed by atoms with Gasteiger partial charge in [0.1, 0.15) is 4.83 Å². The second-order valence-corrected chi connectivity index (χ2v) is 5.88. The maximum atomic E-state index is 6.02. The first-order chi connectivity index (χ1) is 8.54. The molecule has 0 spiro atoms. The summed E-state index contributed by atoms with van der Waals surface area (Å²) in [5.74, 6) is 0.657. The van der Waals surface area contributed by atoms with Gasteiger partial charge in [-0.3, -0.25) is 0 Å². The van der Waals surface area contributed by atoms with E-state index in [2.05, 4.69) is 15.1 Å². The molecule has 0 radical (unpaired) electrons. The molecular weight excluding hydrogens is 291 g/mol. The molecule has 0 unspecified atom stereocenters. The number of fused-ring (bicyclic) bond motifs is 1. The normalized spacial score (nSPS) is 11.3. The molecule has 92 valence electrons. The van der Waals surface area contributed by atoms with E-state index in [0.717, 1.165) is 20.8 Å². The Labute approximate surface area is 117 Å². The van der Waals surface area contributed by atoms with E-state index < -0.39 is 0 Å². The quantitative estimate of drug-likeness (QED) is 0.642. The third-order valence-electron chi connectivity index (χ3n) is 2.52. The first-order valence-corrected chi connectivity index (χ1v) is 6.77. The molecule has 0 amide bonds. The third-order valence-corrected chi connectivity index (χ3v) is 4.01. The minimum atomic E-state index is 0.212. The van der Waals surface area contributed by atoms with E-state index in [-0.39, 0.29) is 5.28 Å². The fourth-order valence-electron chi connectivity index (χ4n) is 1.72. The molecule has 0 aliphatic carbocycles. The highest BCUT2D eigenvalue weighted by Crippen LogP contribution is 2.29. The Morgan fingerprint density at radius 3 is 2.67 bits per heavy atom. The summed E-state index contributed by atoms with van der Waals surface area (Å²) in [6.07, 6.45) is 1.72. The molecule has 3 aromatic heterocycles. The van der Waals surface area contributed by atoms with Crippen molar-refractivity contribution < 1.29 is 0 Å². The molecule has 0 aliphatic heterocycles. The molecule has 0 bridgehead atoms. The van der Waals surface area contributed by atoms with Crippen LogP contribution in [0.5, 0.6) is 0 Å². The van der Waals surface area contributed by atoms with Crippen LogP contribution in [0.25, 0.3) is 16.0 Å². The van der Waals surface area contributed by atoms with Gasteiger partial charge in [-0.2, -0.15) is 10.1 Å². The zero-order valence-corrected chi connectivity index (χ0v) is 11.9. The first kappa shape index (κ1) is 11.9. The average Bonchev–Trinajstić information content (AvgIpc) is 2.81. The Kier molecular flexibility index (Phi) is 2.77. The lowest BCUT2D eigenvalue weighted by Crippen LogP contribution is -2.00. The van der Waals surface area contributed by atoms with Gasteiger partial charge in [-0.15, -0.1) is 11.3 Å². The molecule has 3 heterocycles. The van der Waals surface area contributed by atoms with Crippen molar-refractivity contribution in [3.05, 3.63) is 33.1 Å². The maximum absolute atomic E-state index is 6.02. The van der Waals surface area contributed by atoms with Crippen LogP contribution in [0.4, 0.5) is 0 Å². The molecule has 3 rings (SSSR count). The van der Waals surface area contributed by atoms with E-state index in [9.17, 15) is 0 Å². The largest absolute Gasteiger partial charge is 0.225 e. The van der Waals surface area contributed by atoms with Crippen LogP contribution < -0.4 is 0 Å². The first-order valence-electron chi connectivity index (χ1n) is 5.20. The molecule has 0 N–H and O–H groups in total. The average molecular weight is 299 g/mol. The van der Waals surface area contributed by atoms with E-state index in [4.69, 9.17) is 23.2 Å². The van der Waals surface area contributed by atoms with Gasteiger partial charge in [-0.25, -0.2) is 9.67 Å². The lowest BCUT2D eigenvalue weighted by molar-refractivity contribution is 0.837. The van der Waals surface area contributed by atoms with Crippen LogP contribution in [-0.4, -0.2) is 19.7 Å². The van der Waals surface area contributed by atoms with Crippen LogP contribution in [0.15, 0.2) is 12.3 Å². The van der Waals surface area contributed by atoms with Gasteiger partial charge in [-0.1, -0.05) is 11.6 Å². The van der Waals surface area contributed by atoms with E-state index in [1.54, 1.807) is 22.2 Å². The summed E-state index contributed by atoms with van der Waals surface area (Å²) >= 11 is 13.5. The monoisotopic (exact) mass is 298 g/mol. The van der Waals surface area contributed by atoms with Gasteiger partial charge in [0.05, 0.1) is 22.3 Å². The Hall–Kier alpha value is -1.17. The summed E-state index contributed by atoms with van der Waals surface area (Å²) < 4.78 is 1.64. The SMILES string of the molecule is Cc1cc2c(-n3cc(Cl)c(C)n3)nc(Cl)nc2s1. The molecular formula is C11H8Cl2N4S. The highest BCUT2D eigenvalue weighted by Gasteiger charge is 2.13. The van der Waals surface area contributed by atoms with Gasteiger partial charge in [0.25, 0.3) is 0 Å². The maximum Gasteiger partial charge on any atom is 0.225 e. The number of thiophene rings is 1. The number of halogens is 2. The van der Waals surface area contributed by atoms with E-state index in [1.165, 1.54) is 0 Å². The Morgan fingerprint density at radius 1 is 1.22 bits per heavy atom. The van der Waals surface area contributed by atoms with Gasteiger partial charge in [0.15, 0.2) is 5.82 Å². The van der Waals surface area contributed by atoms with Crippen LogP contribution in [-0.2, 0) is 0 Å². The molecule has 0 saturated carbocycles. The molecule has 3 aromatic rings. The van der Waals surface area contributed by atoms with Crippen LogP contribution in [0.2, 0.25) is 10.3 Å². The number of aromatic nitrogens is 4. The van der Waals surface area contributed by atoms with Crippen LogP contribution in [0.3, 0.4) is 0 Å². The van der Waals surface area contributed by atoms with E-state index in [0.29, 0.717) is 10.8 Å². The lowest BCUT2D eigenvalue weighted by atomic mass is 10.3. The van der Waals surface area contributed by atoms with E-state index >= 15 is 0 Å². The molecule has 7 heteroatoms. The van der Waals surface area contributed by atoms with Gasteiger partial charge in [0.2, 0.25) is 5.28 Å². The molecule has 0 fully saturated rings. The fraction of sp³-hybridized carbons (Fsp3) is 0.182. The summed E-state index contributed by atoms with van der Waals surface area (Å²) in [5, 5.41) is 6.07. The fourth-order valence-corrected chi connectivity index (χ4v) is 2.94. The van der Waals surface area contributed by atoms with Crippen molar-refractivity contribution in [1.82, 2.24) is 19.7 Å². The Bertz CT molecular complexity index is 727. The summed E-state index contributed by atoms with van der Waals surface area (Å²) in [6.45, 7) is 3.86.